The van der Waals surface area contributed by atoms with Crippen LogP contribution in [0, 0.1) is 0 Å². The molecule has 3 heteroatoms. The first-order chi connectivity index (χ1) is 7.56. The van der Waals surface area contributed by atoms with E-state index in [1.807, 2.05) is 6.55 Å². The summed E-state index contributed by atoms with van der Waals surface area (Å²) in [4.78, 5) is 0. The zero-order chi connectivity index (χ0) is 11.6. The third-order valence-electron chi connectivity index (χ3n) is 3.43. The van der Waals surface area contributed by atoms with Gasteiger partial charge in [0.05, 0.1) is 0 Å². The predicted molar refractivity (Wildman–Crippen MR) is 74.9 cm³/mol. The van der Waals surface area contributed by atoms with Crippen LogP contribution in [0.5, 0.6) is 0 Å². The standard InChI is InChI=1S/C13H18Cl2Si/c1-16(14,15)10-4-6-12-9-8-11-5-2-3-7-13(11)12/h2-3,5,7,12H,4,6,8-10H2,1H3. The lowest BCUT2D eigenvalue weighted by molar-refractivity contribution is 0.607. The van der Waals surface area contributed by atoms with Gasteiger partial charge in [-0.3, -0.25) is 0 Å². The highest BCUT2D eigenvalue weighted by Crippen LogP contribution is 2.37. The van der Waals surface area contributed by atoms with Gasteiger partial charge in [0.2, 0.25) is 6.69 Å². The fourth-order valence-corrected chi connectivity index (χ4v) is 4.23. The van der Waals surface area contributed by atoms with E-state index in [1.54, 1.807) is 11.1 Å². The Morgan fingerprint density at radius 3 is 2.81 bits per heavy atom. The summed E-state index contributed by atoms with van der Waals surface area (Å²) in [5.74, 6) is 0.751. The van der Waals surface area contributed by atoms with Gasteiger partial charge in [0.1, 0.15) is 0 Å². The maximum atomic E-state index is 6.12. The number of aryl methyl sites for hydroxylation is 1. The second kappa shape index (κ2) is 5.12. The van der Waals surface area contributed by atoms with Crippen LogP contribution in [-0.2, 0) is 6.42 Å². The molecular weight excluding hydrogens is 255 g/mol. The first-order valence-corrected chi connectivity index (χ1v) is 10.7. The van der Waals surface area contributed by atoms with Gasteiger partial charge in [-0.2, -0.15) is 0 Å². The van der Waals surface area contributed by atoms with E-state index in [0.717, 1.165) is 12.0 Å². The number of fused-ring (bicyclic) bond motifs is 1. The van der Waals surface area contributed by atoms with Gasteiger partial charge in [-0.25, -0.2) is 0 Å². The molecular formula is C13H18Cl2Si. The molecule has 1 aromatic rings. The zero-order valence-electron chi connectivity index (χ0n) is 9.68. The summed E-state index contributed by atoms with van der Waals surface area (Å²) in [6.07, 6.45) is 4.98. The Morgan fingerprint density at radius 1 is 1.31 bits per heavy atom. The van der Waals surface area contributed by atoms with Gasteiger partial charge in [0.15, 0.2) is 0 Å². The maximum absolute atomic E-state index is 6.12. The van der Waals surface area contributed by atoms with E-state index in [1.165, 1.54) is 25.7 Å². The molecule has 2 rings (SSSR count). The number of hydrogen-bond donors (Lipinski definition) is 0. The summed E-state index contributed by atoms with van der Waals surface area (Å²) in [5.41, 5.74) is 3.11. The average molecular weight is 273 g/mol. The second-order valence-electron chi connectivity index (χ2n) is 4.90. The van der Waals surface area contributed by atoms with E-state index in [0.29, 0.717) is 0 Å². The molecule has 1 unspecified atom stereocenters. The zero-order valence-corrected chi connectivity index (χ0v) is 12.2. The van der Waals surface area contributed by atoms with Crippen LogP contribution in [0.2, 0.25) is 12.6 Å². The van der Waals surface area contributed by atoms with E-state index in [4.69, 9.17) is 22.2 Å². The number of benzene rings is 1. The molecule has 0 aromatic heterocycles. The molecule has 88 valence electrons. The molecule has 1 atom stereocenters. The normalized spacial score (nSPS) is 19.8. The minimum Gasteiger partial charge on any atom is -0.146 e. The molecule has 1 aliphatic rings. The van der Waals surface area contributed by atoms with Crippen LogP contribution >= 0.6 is 22.2 Å². The molecule has 0 aliphatic heterocycles. The molecule has 0 N–H and O–H groups in total. The highest BCUT2D eigenvalue weighted by atomic mass is 35.7. The number of rotatable bonds is 4. The molecule has 1 aromatic carbocycles. The third kappa shape index (κ3) is 3.25. The van der Waals surface area contributed by atoms with Crippen molar-refractivity contribution in [2.75, 3.05) is 0 Å². The average Bonchev–Trinajstić information content (AvgIpc) is 2.60. The van der Waals surface area contributed by atoms with Crippen LogP contribution in [0.15, 0.2) is 24.3 Å². The van der Waals surface area contributed by atoms with E-state index in [2.05, 4.69) is 24.3 Å². The van der Waals surface area contributed by atoms with Gasteiger partial charge in [-0.05, 0) is 48.9 Å². The molecule has 1 aliphatic carbocycles. The highest BCUT2D eigenvalue weighted by molar-refractivity contribution is 7.44. The van der Waals surface area contributed by atoms with Crippen LogP contribution in [0.1, 0.15) is 36.3 Å². The third-order valence-corrected chi connectivity index (χ3v) is 5.79. The van der Waals surface area contributed by atoms with Gasteiger partial charge >= 0.3 is 0 Å². The quantitative estimate of drug-likeness (QED) is 0.532. The molecule has 0 fully saturated rings. The lowest BCUT2D eigenvalue weighted by Crippen LogP contribution is -2.12. The molecule has 0 saturated heterocycles. The summed E-state index contributed by atoms with van der Waals surface area (Å²) in [5, 5.41) is 0. The van der Waals surface area contributed by atoms with Crippen molar-refractivity contribution in [3.8, 4) is 0 Å². The van der Waals surface area contributed by atoms with Crippen molar-refractivity contribution in [2.24, 2.45) is 0 Å². The van der Waals surface area contributed by atoms with Crippen LogP contribution in [0.25, 0.3) is 0 Å². The Morgan fingerprint density at radius 2 is 2.06 bits per heavy atom. The Balaban J connectivity index is 1.89. The topological polar surface area (TPSA) is 0 Å². The number of halogens is 2. The Hall–Kier alpha value is 0.0169. The van der Waals surface area contributed by atoms with Gasteiger partial charge < -0.3 is 0 Å². The molecule has 0 nitrogen and oxygen atoms in total. The highest BCUT2D eigenvalue weighted by Gasteiger charge is 2.24. The summed E-state index contributed by atoms with van der Waals surface area (Å²) in [6, 6.07) is 9.86. The first-order valence-electron chi connectivity index (χ1n) is 6.02. The smallest absolute Gasteiger partial charge is 0.146 e. The first kappa shape index (κ1) is 12.5. The molecule has 0 spiro atoms. The lowest BCUT2D eigenvalue weighted by Gasteiger charge is -2.14. The predicted octanol–water partition coefficient (Wildman–Crippen LogP) is 5.05. The summed E-state index contributed by atoms with van der Waals surface area (Å²) in [6.45, 7) is 0.136. The Kier molecular flexibility index (Phi) is 3.99. The molecule has 0 amide bonds. The van der Waals surface area contributed by atoms with Gasteiger partial charge in [-0.15, -0.1) is 22.2 Å². The molecule has 16 heavy (non-hydrogen) atoms. The monoisotopic (exact) mass is 272 g/mol. The fourth-order valence-electron chi connectivity index (χ4n) is 2.60. The van der Waals surface area contributed by atoms with Gasteiger partial charge in [0, 0.05) is 0 Å². The molecule has 0 saturated carbocycles. The minimum atomic E-state index is -1.88. The van der Waals surface area contributed by atoms with E-state index in [9.17, 15) is 0 Å². The SMILES string of the molecule is C[Si](Cl)(Cl)CCCC1CCc2ccccc21. The van der Waals surface area contributed by atoms with Crippen molar-refractivity contribution in [1.29, 1.82) is 0 Å². The second-order valence-corrected chi connectivity index (χ2v) is 13.1. The lowest BCUT2D eigenvalue weighted by atomic mass is 9.97. The van der Waals surface area contributed by atoms with E-state index >= 15 is 0 Å². The van der Waals surface area contributed by atoms with E-state index < -0.39 is 6.69 Å². The Bertz CT molecular complexity index is 357. The van der Waals surface area contributed by atoms with Crippen LogP contribution in [-0.4, -0.2) is 6.69 Å². The summed E-state index contributed by atoms with van der Waals surface area (Å²) in [7, 11) is 0. The molecule has 0 heterocycles. The van der Waals surface area contributed by atoms with Crippen molar-refractivity contribution in [3.63, 3.8) is 0 Å². The molecule has 0 bridgehead atoms. The fraction of sp³-hybridized carbons (Fsp3) is 0.538. The maximum Gasteiger partial charge on any atom is 0.248 e. The van der Waals surface area contributed by atoms with Crippen molar-refractivity contribution in [3.05, 3.63) is 35.4 Å². The summed E-state index contributed by atoms with van der Waals surface area (Å²) < 4.78 is 0. The van der Waals surface area contributed by atoms with Crippen LogP contribution < -0.4 is 0 Å². The van der Waals surface area contributed by atoms with Crippen molar-refractivity contribution in [1.82, 2.24) is 0 Å². The Labute approximate surface area is 108 Å². The van der Waals surface area contributed by atoms with Crippen LogP contribution in [0.3, 0.4) is 0 Å². The van der Waals surface area contributed by atoms with Crippen molar-refractivity contribution in [2.45, 2.75) is 44.2 Å². The van der Waals surface area contributed by atoms with Gasteiger partial charge in [-0.1, -0.05) is 30.7 Å². The largest absolute Gasteiger partial charge is 0.248 e. The molecule has 0 radical (unpaired) electrons. The van der Waals surface area contributed by atoms with Crippen molar-refractivity contribution >= 4 is 28.9 Å². The van der Waals surface area contributed by atoms with Gasteiger partial charge in [0.25, 0.3) is 0 Å². The van der Waals surface area contributed by atoms with Crippen LogP contribution in [0.4, 0.5) is 0 Å². The summed E-state index contributed by atoms with van der Waals surface area (Å²) >= 11 is 12.2. The number of hydrogen-bond acceptors (Lipinski definition) is 0. The van der Waals surface area contributed by atoms with E-state index in [-0.39, 0.29) is 0 Å². The van der Waals surface area contributed by atoms with Crippen molar-refractivity contribution < 1.29 is 0 Å². The minimum absolute atomic E-state index is 0.751.